The Balaban J connectivity index is 2.59. The van der Waals surface area contributed by atoms with E-state index in [1.807, 2.05) is 6.08 Å². The minimum absolute atomic E-state index is 0.111. The van der Waals surface area contributed by atoms with Crippen molar-refractivity contribution >= 4 is 11.9 Å². The van der Waals surface area contributed by atoms with Crippen LogP contribution in [0.2, 0.25) is 0 Å². The second-order valence-corrected chi connectivity index (χ2v) is 6.71. The van der Waals surface area contributed by atoms with Crippen molar-refractivity contribution in [2.45, 2.75) is 60.8 Å². The van der Waals surface area contributed by atoms with Crippen LogP contribution < -0.4 is 0 Å². The molecule has 20 heavy (non-hydrogen) atoms. The molecule has 0 saturated heterocycles. The number of rotatable bonds is 3. The molecule has 1 aliphatic carbocycles. The highest BCUT2D eigenvalue weighted by Crippen LogP contribution is 2.44. The zero-order valence-corrected chi connectivity index (χ0v) is 13.7. The van der Waals surface area contributed by atoms with E-state index in [-0.39, 0.29) is 5.78 Å². The topological polar surface area (TPSA) is 17.1 Å². The molecule has 0 amide bonds. The molecule has 0 radical (unpaired) electrons. The van der Waals surface area contributed by atoms with Gasteiger partial charge in [0, 0.05) is 0 Å². The van der Waals surface area contributed by atoms with E-state index >= 15 is 0 Å². The highest BCUT2D eigenvalue weighted by molar-refractivity contribution is 5.92. The molecule has 0 aromatic heterocycles. The lowest BCUT2D eigenvalue weighted by Crippen LogP contribution is -2.14. The Bertz CT molecular complexity index is 593. The maximum atomic E-state index is 11.2. The third-order valence-electron chi connectivity index (χ3n) is 5.19. The molecule has 1 nitrogen and oxygen atoms in total. The van der Waals surface area contributed by atoms with Gasteiger partial charge in [0.2, 0.25) is 0 Å². The van der Waals surface area contributed by atoms with Crippen LogP contribution in [0.1, 0.15) is 60.6 Å². The van der Waals surface area contributed by atoms with Crippen LogP contribution in [0, 0.1) is 26.2 Å². The van der Waals surface area contributed by atoms with Crippen LogP contribution in [0.3, 0.4) is 0 Å². The summed E-state index contributed by atoms with van der Waals surface area (Å²) in [6.45, 7) is 12.9. The van der Waals surface area contributed by atoms with E-state index in [9.17, 15) is 4.79 Å². The Kier molecular flexibility index (Phi) is 3.90. The Morgan fingerprint density at radius 2 is 1.65 bits per heavy atom. The summed E-state index contributed by atoms with van der Waals surface area (Å²) in [5.41, 5.74) is 8.87. The number of allylic oxidation sites excluding steroid dienone is 1. The van der Waals surface area contributed by atoms with Crippen molar-refractivity contribution in [2.24, 2.45) is 5.41 Å². The molecular formula is C19H26O. The summed E-state index contributed by atoms with van der Waals surface area (Å²) in [5.74, 6) is 0.111. The standard InChI is InChI=1S/C19H26O/c1-7-19(6)10-17-14(4)13(3)16(9-8-12(2)20)15(5)18(17)11-19/h8-9H,7,10-11H2,1-6H3/b9-8+. The van der Waals surface area contributed by atoms with Gasteiger partial charge in [0.25, 0.3) is 0 Å². The van der Waals surface area contributed by atoms with Crippen LogP contribution in [-0.4, -0.2) is 5.78 Å². The molecular weight excluding hydrogens is 244 g/mol. The summed E-state index contributed by atoms with van der Waals surface area (Å²) in [4.78, 5) is 11.2. The number of carbonyl (C=O) groups excluding carboxylic acids is 1. The lowest BCUT2D eigenvalue weighted by atomic mass is 9.84. The van der Waals surface area contributed by atoms with Crippen molar-refractivity contribution in [1.29, 1.82) is 0 Å². The summed E-state index contributed by atoms with van der Waals surface area (Å²) in [6.07, 6.45) is 7.28. The largest absolute Gasteiger partial charge is 0.295 e. The lowest BCUT2D eigenvalue weighted by Gasteiger charge is -2.20. The zero-order valence-electron chi connectivity index (χ0n) is 13.7. The monoisotopic (exact) mass is 270 g/mol. The van der Waals surface area contributed by atoms with E-state index in [1.54, 1.807) is 18.6 Å². The average molecular weight is 270 g/mol. The van der Waals surface area contributed by atoms with Crippen molar-refractivity contribution in [3.05, 3.63) is 39.5 Å². The van der Waals surface area contributed by atoms with Crippen LogP contribution in [0.4, 0.5) is 0 Å². The van der Waals surface area contributed by atoms with Gasteiger partial charge in [0.05, 0.1) is 0 Å². The first-order valence-electron chi connectivity index (χ1n) is 7.59. The second kappa shape index (κ2) is 5.20. The number of carbonyl (C=O) groups is 1. The summed E-state index contributed by atoms with van der Waals surface area (Å²) < 4.78 is 0. The van der Waals surface area contributed by atoms with Gasteiger partial charge >= 0.3 is 0 Å². The van der Waals surface area contributed by atoms with E-state index in [0.29, 0.717) is 5.41 Å². The minimum Gasteiger partial charge on any atom is -0.295 e. The fourth-order valence-electron chi connectivity index (χ4n) is 3.42. The van der Waals surface area contributed by atoms with Gasteiger partial charge in [-0.15, -0.1) is 0 Å². The highest BCUT2D eigenvalue weighted by atomic mass is 16.1. The Labute approximate surface area is 123 Å². The first-order valence-corrected chi connectivity index (χ1v) is 7.59. The predicted octanol–water partition coefficient (Wildman–Crippen LogP) is 4.73. The predicted molar refractivity (Wildman–Crippen MR) is 86.2 cm³/mol. The Hall–Kier alpha value is -1.37. The van der Waals surface area contributed by atoms with Crippen LogP contribution in [0.15, 0.2) is 6.08 Å². The molecule has 0 aliphatic heterocycles. The number of ketones is 1. The summed E-state index contributed by atoms with van der Waals surface area (Å²) in [7, 11) is 0. The van der Waals surface area contributed by atoms with Crippen molar-refractivity contribution in [3.8, 4) is 0 Å². The number of hydrogen-bond acceptors (Lipinski definition) is 1. The summed E-state index contributed by atoms with van der Waals surface area (Å²) in [6, 6.07) is 0. The van der Waals surface area contributed by atoms with Crippen LogP contribution >= 0.6 is 0 Å². The molecule has 0 N–H and O–H groups in total. The van der Waals surface area contributed by atoms with Gasteiger partial charge in [0.1, 0.15) is 0 Å². The minimum atomic E-state index is 0.111. The molecule has 0 spiro atoms. The SMILES string of the molecule is CCC1(C)Cc2c(C)c(C)c(/C=C/C(C)=O)c(C)c2C1. The zero-order chi connectivity index (χ0) is 15.1. The molecule has 0 saturated carbocycles. The first-order chi connectivity index (χ1) is 9.29. The molecule has 0 bridgehead atoms. The van der Waals surface area contributed by atoms with Gasteiger partial charge in [0.15, 0.2) is 5.78 Å². The van der Waals surface area contributed by atoms with Crippen LogP contribution in [0.5, 0.6) is 0 Å². The molecule has 108 valence electrons. The molecule has 1 aliphatic rings. The maximum Gasteiger partial charge on any atom is 0.152 e. The van der Waals surface area contributed by atoms with Crippen molar-refractivity contribution in [2.75, 3.05) is 0 Å². The average Bonchev–Trinajstić information content (AvgIpc) is 2.75. The highest BCUT2D eigenvalue weighted by Gasteiger charge is 2.34. The lowest BCUT2D eigenvalue weighted by molar-refractivity contribution is -0.112. The molecule has 2 rings (SSSR count). The van der Waals surface area contributed by atoms with Gasteiger partial charge in [-0.3, -0.25) is 4.79 Å². The summed E-state index contributed by atoms with van der Waals surface area (Å²) in [5, 5.41) is 0. The molecule has 1 heteroatoms. The molecule has 0 heterocycles. The molecule has 0 fully saturated rings. The van der Waals surface area contributed by atoms with Gasteiger partial charge in [-0.25, -0.2) is 0 Å². The molecule has 1 aromatic rings. The second-order valence-electron chi connectivity index (χ2n) is 6.71. The van der Waals surface area contributed by atoms with E-state index in [2.05, 4.69) is 34.6 Å². The fraction of sp³-hybridized carbons (Fsp3) is 0.526. The normalized spacial score (nSPS) is 21.5. The van der Waals surface area contributed by atoms with E-state index in [4.69, 9.17) is 0 Å². The number of hydrogen-bond donors (Lipinski definition) is 0. The Morgan fingerprint density at radius 3 is 2.15 bits per heavy atom. The fourth-order valence-corrected chi connectivity index (χ4v) is 3.42. The summed E-state index contributed by atoms with van der Waals surface area (Å²) >= 11 is 0. The van der Waals surface area contributed by atoms with Gasteiger partial charge in [-0.1, -0.05) is 26.3 Å². The smallest absolute Gasteiger partial charge is 0.152 e. The third kappa shape index (κ3) is 2.46. The van der Waals surface area contributed by atoms with Gasteiger partial charge in [-0.2, -0.15) is 0 Å². The number of fused-ring (bicyclic) bond motifs is 1. The van der Waals surface area contributed by atoms with Crippen LogP contribution in [-0.2, 0) is 17.6 Å². The first kappa shape index (κ1) is 15.0. The van der Waals surface area contributed by atoms with Crippen LogP contribution in [0.25, 0.3) is 6.08 Å². The van der Waals surface area contributed by atoms with Crippen molar-refractivity contribution < 1.29 is 4.79 Å². The van der Waals surface area contributed by atoms with E-state index in [1.165, 1.54) is 47.1 Å². The maximum absolute atomic E-state index is 11.2. The third-order valence-corrected chi connectivity index (χ3v) is 5.19. The number of benzene rings is 1. The van der Waals surface area contributed by atoms with Crippen molar-refractivity contribution in [1.82, 2.24) is 0 Å². The Morgan fingerprint density at radius 1 is 1.10 bits per heavy atom. The molecule has 1 atom stereocenters. The molecule has 1 aromatic carbocycles. The quantitative estimate of drug-likeness (QED) is 0.726. The van der Waals surface area contributed by atoms with Gasteiger partial charge in [-0.05, 0) is 85.4 Å². The van der Waals surface area contributed by atoms with E-state index < -0.39 is 0 Å². The molecule has 1 unspecified atom stereocenters. The van der Waals surface area contributed by atoms with Crippen molar-refractivity contribution in [3.63, 3.8) is 0 Å². The van der Waals surface area contributed by atoms with Gasteiger partial charge < -0.3 is 0 Å². The van der Waals surface area contributed by atoms with E-state index in [0.717, 1.165) is 0 Å².